The molecular weight excluding hydrogens is 1290 g/mol. The Labute approximate surface area is 607 Å². The van der Waals surface area contributed by atoms with Crippen LogP contribution in [0.15, 0.2) is 0 Å². The number of aliphatic hydroxyl groups excluding tert-OH is 1. The molecule has 0 aromatic carbocycles. The smallest absolute Gasteiger partial charge is 0.462 e. The van der Waals surface area contributed by atoms with Crippen molar-refractivity contribution in [3.8, 4) is 0 Å². The van der Waals surface area contributed by atoms with Crippen molar-refractivity contribution in [3.63, 3.8) is 0 Å². The fourth-order valence-corrected chi connectivity index (χ4v) is 13.8. The van der Waals surface area contributed by atoms with Crippen LogP contribution in [0.5, 0.6) is 0 Å². The molecule has 0 aromatic heterocycles. The predicted octanol–water partition coefficient (Wildman–Crippen LogP) is 23.7. The van der Waals surface area contributed by atoms with E-state index in [1.54, 1.807) is 0 Å². The van der Waals surface area contributed by atoms with Gasteiger partial charge in [-0.2, -0.15) is 0 Å². The number of ether oxygens (including phenoxy) is 4. The lowest BCUT2D eigenvalue weighted by atomic mass is 9.99. The van der Waals surface area contributed by atoms with Gasteiger partial charge in [-0.05, 0) is 43.4 Å². The second-order valence-electron chi connectivity index (χ2n) is 29.8. The summed E-state index contributed by atoms with van der Waals surface area (Å²) >= 11 is 0. The van der Waals surface area contributed by atoms with Crippen molar-refractivity contribution in [1.29, 1.82) is 0 Å². The molecule has 0 radical (unpaired) electrons. The van der Waals surface area contributed by atoms with Gasteiger partial charge in [-0.25, -0.2) is 9.13 Å². The van der Waals surface area contributed by atoms with Crippen molar-refractivity contribution < 1.29 is 80.2 Å². The molecule has 588 valence electrons. The van der Waals surface area contributed by atoms with E-state index in [0.717, 1.165) is 108 Å². The Balaban J connectivity index is 5.28. The van der Waals surface area contributed by atoms with Gasteiger partial charge < -0.3 is 33.8 Å². The van der Waals surface area contributed by atoms with Crippen LogP contribution in [0.25, 0.3) is 0 Å². The molecule has 3 N–H and O–H groups in total. The molecule has 0 saturated carbocycles. The molecular formula is C80H156O17P2. The van der Waals surface area contributed by atoms with Crippen LogP contribution in [0.4, 0.5) is 0 Å². The minimum Gasteiger partial charge on any atom is -0.462 e. The third-order valence-corrected chi connectivity index (χ3v) is 21.3. The van der Waals surface area contributed by atoms with Gasteiger partial charge in [-0.3, -0.25) is 37.3 Å². The predicted molar refractivity (Wildman–Crippen MR) is 405 cm³/mol. The summed E-state index contributed by atoms with van der Waals surface area (Å²) in [5.41, 5.74) is 0. The largest absolute Gasteiger partial charge is 0.472 e. The number of rotatable bonds is 78. The molecule has 0 amide bonds. The quantitative estimate of drug-likeness (QED) is 0.0222. The fraction of sp³-hybridized carbons (Fsp3) is 0.950. The average Bonchev–Trinajstić information content (AvgIpc) is 1.37. The second kappa shape index (κ2) is 70.4. The van der Waals surface area contributed by atoms with Crippen LogP contribution >= 0.6 is 15.6 Å². The van der Waals surface area contributed by atoms with E-state index in [1.165, 1.54) is 225 Å². The molecule has 4 unspecified atom stereocenters. The summed E-state index contributed by atoms with van der Waals surface area (Å²) in [5.74, 6) is 0.305. The molecule has 19 heteroatoms. The molecule has 0 aliphatic heterocycles. The average molecular weight is 1450 g/mol. The van der Waals surface area contributed by atoms with E-state index in [-0.39, 0.29) is 25.7 Å². The highest BCUT2D eigenvalue weighted by Gasteiger charge is 2.30. The number of unbranched alkanes of at least 4 members (excludes halogenated alkanes) is 44. The number of carbonyl (C=O) groups excluding carboxylic acids is 4. The Morgan fingerprint density at radius 2 is 0.515 bits per heavy atom. The lowest BCUT2D eigenvalue weighted by Gasteiger charge is -2.21. The molecule has 0 fully saturated rings. The highest BCUT2D eigenvalue weighted by Crippen LogP contribution is 2.45. The number of esters is 4. The number of hydrogen-bond acceptors (Lipinski definition) is 15. The summed E-state index contributed by atoms with van der Waals surface area (Å²) in [6, 6.07) is 0. The first-order chi connectivity index (χ1) is 47.8. The number of phosphoric acid groups is 2. The minimum absolute atomic E-state index is 0.107. The van der Waals surface area contributed by atoms with Gasteiger partial charge in [0, 0.05) is 25.7 Å². The maximum atomic E-state index is 13.1. The lowest BCUT2D eigenvalue weighted by molar-refractivity contribution is -0.161. The van der Waals surface area contributed by atoms with E-state index in [9.17, 15) is 43.2 Å². The lowest BCUT2D eigenvalue weighted by Crippen LogP contribution is -2.30. The van der Waals surface area contributed by atoms with Gasteiger partial charge >= 0.3 is 39.5 Å². The van der Waals surface area contributed by atoms with E-state index in [1.807, 2.05) is 0 Å². The van der Waals surface area contributed by atoms with E-state index in [4.69, 9.17) is 37.0 Å². The monoisotopic (exact) mass is 1450 g/mol. The van der Waals surface area contributed by atoms with E-state index in [2.05, 4.69) is 48.5 Å². The summed E-state index contributed by atoms with van der Waals surface area (Å²) < 4.78 is 68.7. The first-order valence-electron chi connectivity index (χ1n) is 41.4. The summed E-state index contributed by atoms with van der Waals surface area (Å²) in [7, 11) is -9.92. The van der Waals surface area contributed by atoms with Crippen LogP contribution in [0.2, 0.25) is 0 Å². The molecule has 0 spiro atoms. The standard InChI is InChI=1S/C80H156O17P2/c1-8-11-12-13-14-15-16-20-24-33-40-47-54-61-77(82)90-67-76(97-80(85)64-57-50-43-36-29-27-32-39-46-53-60-73(7)10-3)70-95-99(88,89)93-66-74(81)65-92-98(86,87)94-69-75(68-91-78(83)62-55-48-41-34-28-26-31-38-45-52-59-72(6)9-2)96-79(84)63-56-49-42-35-25-22-19-17-18-21-23-30-37-44-51-58-71(4)5/h71-76,81H,8-70H2,1-7H3,(H,86,87)(H,88,89)/t72?,73?,74-,75-,76-/m1/s1. The van der Waals surface area contributed by atoms with Gasteiger partial charge in [0.25, 0.3) is 0 Å². The van der Waals surface area contributed by atoms with Gasteiger partial charge in [0.1, 0.15) is 19.3 Å². The normalized spacial score (nSPS) is 14.5. The molecule has 0 bridgehead atoms. The van der Waals surface area contributed by atoms with Crippen molar-refractivity contribution in [2.24, 2.45) is 17.8 Å². The van der Waals surface area contributed by atoms with E-state index >= 15 is 0 Å². The van der Waals surface area contributed by atoms with Crippen molar-refractivity contribution in [2.45, 2.75) is 433 Å². The van der Waals surface area contributed by atoms with Crippen molar-refractivity contribution >= 4 is 39.5 Å². The molecule has 0 aliphatic rings. The van der Waals surface area contributed by atoms with Crippen LogP contribution in [-0.2, 0) is 65.4 Å². The first kappa shape index (κ1) is 97.1. The third kappa shape index (κ3) is 71.5. The zero-order valence-electron chi connectivity index (χ0n) is 65.0. The molecule has 0 aliphatic carbocycles. The molecule has 0 saturated heterocycles. The Hall–Kier alpha value is -1.94. The number of phosphoric ester groups is 2. The maximum absolute atomic E-state index is 13.1. The van der Waals surface area contributed by atoms with Crippen LogP contribution in [0.3, 0.4) is 0 Å². The Morgan fingerprint density at radius 1 is 0.293 bits per heavy atom. The molecule has 17 nitrogen and oxygen atoms in total. The first-order valence-corrected chi connectivity index (χ1v) is 44.4. The second-order valence-corrected chi connectivity index (χ2v) is 32.7. The Bertz CT molecular complexity index is 1930. The third-order valence-electron chi connectivity index (χ3n) is 19.4. The van der Waals surface area contributed by atoms with E-state index in [0.29, 0.717) is 25.7 Å². The van der Waals surface area contributed by atoms with Crippen molar-refractivity contribution in [1.82, 2.24) is 0 Å². The Kier molecular flexibility index (Phi) is 69.0. The number of carbonyl (C=O) groups is 4. The molecule has 0 heterocycles. The van der Waals surface area contributed by atoms with Crippen LogP contribution in [-0.4, -0.2) is 96.7 Å². The van der Waals surface area contributed by atoms with Gasteiger partial charge in [0.15, 0.2) is 12.2 Å². The Morgan fingerprint density at radius 3 is 0.768 bits per heavy atom. The van der Waals surface area contributed by atoms with Crippen molar-refractivity contribution in [3.05, 3.63) is 0 Å². The van der Waals surface area contributed by atoms with E-state index < -0.39 is 97.5 Å². The van der Waals surface area contributed by atoms with Crippen molar-refractivity contribution in [2.75, 3.05) is 39.6 Å². The van der Waals surface area contributed by atoms with Crippen LogP contribution < -0.4 is 0 Å². The van der Waals surface area contributed by atoms with Crippen LogP contribution in [0.1, 0.15) is 414 Å². The van der Waals surface area contributed by atoms with Gasteiger partial charge in [-0.1, -0.05) is 363 Å². The SMILES string of the molecule is CCCCCCCCCCCCCCCC(=O)OC[C@H](COP(=O)(O)OC[C@H](O)COP(=O)(O)OC[C@@H](COC(=O)CCCCCCCCCCCCC(C)CC)OC(=O)CCCCCCCCCCCCCCCCCC(C)C)OC(=O)CCCCCCCCCCCCC(C)CC. The summed E-state index contributed by atoms with van der Waals surface area (Å²) in [6.45, 7) is 12.0. The summed E-state index contributed by atoms with van der Waals surface area (Å²) in [6.07, 6.45) is 58.0. The number of aliphatic hydroxyl groups is 1. The highest BCUT2D eigenvalue weighted by atomic mass is 31.2. The van der Waals surface area contributed by atoms with Crippen LogP contribution in [0, 0.1) is 17.8 Å². The highest BCUT2D eigenvalue weighted by molar-refractivity contribution is 7.47. The molecule has 0 aromatic rings. The van der Waals surface area contributed by atoms with Gasteiger partial charge in [0.05, 0.1) is 26.4 Å². The summed E-state index contributed by atoms with van der Waals surface area (Å²) in [5, 5.41) is 10.6. The topological polar surface area (TPSA) is 237 Å². The number of hydrogen-bond donors (Lipinski definition) is 3. The zero-order chi connectivity index (χ0) is 73.0. The van der Waals surface area contributed by atoms with Gasteiger partial charge in [0.2, 0.25) is 0 Å². The molecule has 99 heavy (non-hydrogen) atoms. The molecule has 7 atom stereocenters. The minimum atomic E-state index is -4.96. The maximum Gasteiger partial charge on any atom is 0.472 e. The summed E-state index contributed by atoms with van der Waals surface area (Å²) in [4.78, 5) is 73.0. The molecule has 0 rings (SSSR count). The van der Waals surface area contributed by atoms with Gasteiger partial charge in [-0.15, -0.1) is 0 Å². The zero-order valence-corrected chi connectivity index (χ0v) is 66.8. The fourth-order valence-electron chi connectivity index (χ4n) is 12.2.